The lowest BCUT2D eigenvalue weighted by molar-refractivity contribution is -0.00537. The van der Waals surface area contributed by atoms with Gasteiger partial charge in [0.25, 0.3) is 0 Å². The molecular weight excluding hydrogens is 282 g/mol. The molecule has 6 nitrogen and oxygen atoms in total. The van der Waals surface area contributed by atoms with E-state index in [4.69, 9.17) is 14.2 Å². The fourth-order valence-corrected chi connectivity index (χ4v) is 2.97. The molecule has 1 saturated heterocycles. The van der Waals surface area contributed by atoms with Crippen molar-refractivity contribution >= 4 is 16.7 Å². The van der Waals surface area contributed by atoms with Crippen molar-refractivity contribution in [3.63, 3.8) is 0 Å². The van der Waals surface area contributed by atoms with Crippen molar-refractivity contribution in [2.45, 2.75) is 26.1 Å². The van der Waals surface area contributed by atoms with E-state index in [-0.39, 0.29) is 12.2 Å². The molecule has 0 bridgehead atoms. The molecule has 0 spiro atoms. The van der Waals surface area contributed by atoms with E-state index in [0.29, 0.717) is 11.5 Å². The first kappa shape index (κ1) is 14.8. The molecule has 0 saturated carbocycles. The second-order valence-corrected chi connectivity index (χ2v) is 5.58. The van der Waals surface area contributed by atoms with Gasteiger partial charge in [-0.25, -0.2) is 9.97 Å². The minimum Gasteiger partial charge on any atom is -0.493 e. The standard InChI is InChI=1S/C16H21N3O3/c1-10-7-19(8-11(2)22-10)16-12-5-14(20-3)15(21-4)6-13(12)17-9-18-16/h5-6,9-11H,7-8H2,1-4H3/t10-,11+. The van der Waals surface area contributed by atoms with Crippen LogP contribution in [-0.4, -0.2) is 49.5 Å². The number of nitrogens with zero attached hydrogens (tertiary/aromatic N) is 3. The highest BCUT2D eigenvalue weighted by molar-refractivity contribution is 5.92. The number of morpholine rings is 1. The largest absolute Gasteiger partial charge is 0.493 e. The first-order valence-electron chi connectivity index (χ1n) is 7.39. The minimum absolute atomic E-state index is 0.175. The molecule has 1 aromatic carbocycles. The fraction of sp³-hybridized carbons (Fsp3) is 0.500. The molecule has 3 rings (SSSR count). The average Bonchev–Trinajstić information content (AvgIpc) is 2.51. The molecule has 0 radical (unpaired) electrons. The molecule has 0 N–H and O–H groups in total. The van der Waals surface area contributed by atoms with Crippen LogP contribution in [0.25, 0.3) is 10.9 Å². The Bertz CT molecular complexity index is 667. The Balaban J connectivity index is 2.09. The van der Waals surface area contributed by atoms with Gasteiger partial charge >= 0.3 is 0 Å². The number of anilines is 1. The Morgan fingerprint density at radius 2 is 1.68 bits per heavy atom. The first-order chi connectivity index (χ1) is 10.6. The summed E-state index contributed by atoms with van der Waals surface area (Å²) in [5.74, 6) is 2.26. The lowest BCUT2D eigenvalue weighted by atomic mass is 10.1. The monoisotopic (exact) mass is 303 g/mol. The fourth-order valence-electron chi connectivity index (χ4n) is 2.97. The van der Waals surface area contributed by atoms with Crippen LogP contribution in [0.1, 0.15) is 13.8 Å². The van der Waals surface area contributed by atoms with Crippen LogP contribution in [0.4, 0.5) is 5.82 Å². The molecule has 0 aliphatic carbocycles. The summed E-state index contributed by atoms with van der Waals surface area (Å²) in [5, 5.41) is 0.960. The smallest absolute Gasteiger partial charge is 0.162 e. The highest BCUT2D eigenvalue weighted by Gasteiger charge is 2.25. The third kappa shape index (κ3) is 2.66. The van der Waals surface area contributed by atoms with E-state index in [1.165, 1.54) is 0 Å². The minimum atomic E-state index is 0.175. The van der Waals surface area contributed by atoms with Crippen molar-refractivity contribution in [2.75, 3.05) is 32.2 Å². The van der Waals surface area contributed by atoms with Crippen LogP contribution in [0.15, 0.2) is 18.5 Å². The van der Waals surface area contributed by atoms with Crippen molar-refractivity contribution in [3.05, 3.63) is 18.5 Å². The SMILES string of the molecule is COc1cc2ncnc(N3C[C@@H](C)O[C@@H](C)C3)c2cc1OC. The lowest BCUT2D eigenvalue weighted by Crippen LogP contribution is -2.45. The molecule has 118 valence electrons. The second-order valence-electron chi connectivity index (χ2n) is 5.58. The van der Waals surface area contributed by atoms with Crippen LogP contribution in [0.2, 0.25) is 0 Å². The third-order valence-electron chi connectivity index (χ3n) is 3.84. The van der Waals surface area contributed by atoms with Gasteiger partial charge in [0.2, 0.25) is 0 Å². The van der Waals surface area contributed by atoms with E-state index in [1.54, 1.807) is 20.5 Å². The van der Waals surface area contributed by atoms with Crippen molar-refractivity contribution in [1.29, 1.82) is 0 Å². The lowest BCUT2D eigenvalue weighted by Gasteiger charge is -2.36. The van der Waals surface area contributed by atoms with Gasteiger partial charge in [-0.1, -0.05) is 0 Å². The summed E-state index contributed by atoms with van der Waals surface area (Å²) in [4.78, 5) is 11.1. The Morgan fingerprint density at radius 1 is 1.05 bits per heavy atom. The van der Waals surface area contributed by atoms with Gasteiger partial charge in [0, 0.05) is 24.5 Å². The van der Waals surface area contributed by atoms with E-state index in [9.17, 15) is 0 Å². The maximum Gasteiger partial charge on any atom is 0.162 e. The molecule has 2 heterocycles. The van der Waals surface area contributed by atoms with Crippen molar-refractivity contribution < 1.29 is 14.2 Å². The summed E-state index contributed by atoms with van der Waals surface area (Å²) in [6.07, 6.45) is 1.94. The van der Waals surface area contributed by atoms with Gasteiger partial charge in [0.05, 0.1) is 31.9 Å². The normalized spacial score (nSPS) is 21.9. The highest BCUT2D eigenvalue weighted by Crippen LogP contribution is 2.35. The van der Waals surface area contributed by atoms with Crippen LogP contribution < -0.4 is 14.4 Å². The summed E-state index contributed by atoms with van der Waals surface area (Å²) in [7, 11) is 3.25. The topological polar surface area (TPSA) is 56.7 Å². The summed E-state index contributed by atoms with van der Waals surface area (Å²) < 4.78 is 16.6. The van der Waals surface area contributed by atoms with Gasteiger partial charge in [-0.2, -0.15) is 0 Å². The number of benzene rings is 1. The van der Waals surface area contributed by atoms with Crippen LogP contribution in [0.3, 0.4) is 0 Å². The van der Waals surface area contributed by atoms with E-state index in [1.807, 2.05) is 12.1 Å². The Labute approximate surface area is 130 Å². The Kier molecular flexibility index (Phi) is 4.02. The van der Waals surface area contributed by atoms with E-state index in [0.717, 1.165) is 29.8 Å². The van der Waals surface area contributed by atoms with Gasteiger partial charge < -0.3 is 19.1 Å². The quantitative estimate of drug-likeness (QED) is 0.867. The molecule has 1 aliphatic rings. The molecule has 0 amide bonds. The molecule has 2 aromatic rings. The zero-order valence-electron chi connectivity index (χ0n) is 13.4. The summed E-state index contributed by atoms with van der Waals surface area (Å²) >= 11 is 0. The third-order valence-corrected chi connectivity index (χ3v) is 3.84. The molecule has 2 atom stereocenters. The summed E-state index contributed by atoms with van der Waals surface area (Å²) in [6, 6.07) is 3.82. The second kappa shape index (κ2) is 5.96. The molecule has 1 aliphatic heterocycles. The van der Waals surface area contributed by atoms with Gasteiger partial charge in [0.15, 0.2) is 11.5 Å². The number of fused-ring (bicyclic) bond motifs is 1. The molecule has 1 fully saturated rings. The van der Waals surface area contributed by atoms with Gasteiger partial charge in [-0.15, -0.1) is 0 Å². The number of methoxy groups -OCH3 is 2. The molecule has 1 aromatic heterocycles. The predicted molar refractivity (Wildman–Crippen MR) is 84.9 cm³/mol. The predicted octanol–water partition coefficient (Wildman–Crippen LogP) is 2.26. The zero-order chi connectivity index (χ0) is 15.7. The molecule has 22 heavy (non-hydrogen) atoms. The number of hydrogen-bond donors (Lipinski definition) is 0. The van der Waals surface area contributed by atoms with Gasteiger partial charge in [0.1, 0.15) is 12.1 Å². The average molecular weight is 303 g/mol. The number of hydrogen-bond acceptors (Lipinski definition) is 6. The zero-order valence-corrected chi connectivity index (χ0v) is 13.4. The molecular formula is C16H21N3O3. The van der Waals surface area contributed by atoms with Crippen molar-refractivity contribution in [3.8, 4) is 11.5 Å². The Morgan fingerprint density at radius 3 is 2.32 bits per heavy atom. The van der Waals surface area contributed by atoms with Crippen LogP contribution in [0.5, 0.6) is 11.5 Å². The van der Waals surface area contributed by atoms with Crippen molar-refractivity contribution in [2.24, 2.45) is 0 Å². The first-order valence-corrected chi connectivity index (χ1v) is 7.39. The molecule has 0 unspecified atom stereocenters. The number of aromatic nitrogens is 2. The van der Waals surface area contributed by atoms with Crippen LogP contribution in [-0.2, 0) is 4.74 Å². The number of ether oxygens (including phenoxy) is 3. The summed E-state index contributed by atoms with van der Waals surface area (Å²) in [6.45, 7) is 5.78. The van der Waals surface area contributed by atoms with E-state index >= 15 is 0 Å². The number of rotatable bonds is 3. The Hall–Kier alpha value is -2.08. The van der Waals surface area contributed by atoms with Crippen molar-refractivity contribution in [1.82, 2.24) is 9.97 Å². The van der Waals surface area contributed by atoms with E-state index in [2.05, 4.69) is 28.7 Å². The highest BCUT2D eigenvalue weighted by atomic mass is 16.5. The summed E-state index contributed by atoms with van der Waals surface area (Å²) in [5.41, 5.74) is 0.842. The van der Waals surface area contributed by atoms with E-state index < -0.39 is 0 Å². The maximum absolute atomic E-state index is 5.80. The van der Waals surface area contributed by atoms with Gasteiger partial charge in [-0.3, -0.25) is 0 Å². The van der Waals surface area contributed by atoms with Crippen LogP contribution >= 0.6 is 0 Å². The maximum atomic E-state index is 5.80. The van der Waals surface area contributed by atoms with Gasteiger partial charge in [-0.05, 0) is 19.9 Å². The molecule has 6 heteroatoms. The van der Waals surface area contributed by atoms with Crippen LogP contribution in [0, 0.1) is 0 Å².